The van der Waals surface area contributed by atoms with Crippen LogP contribution in [0.25, 0.3) is 0 Å². The van der Waals surface area contributed by atoms with E-state index < -0.39 is 51.3 Å². The van der Waals surface area contributed by atoms with E-state index in [-0.39, 0.29) is 6.42 Å². The number of hydrogen-bond donors (Lipinski definition) is 0. The Labute approximate surface area is 131 Å². The van der Waals surface area contributed by atoms with Crippen molar-refractivity contribution in [3.8, 4) is 0 Å². The first kappa shape index (κ1) is 18.4. The topological polar surface area (TPSA) is 88.1 Å². The number of carbonyl (C=O) groups excluding carboxylic acids is 1. The van der Waals surface area contributed by atoms with Gasteiger partial charge < -0.3 is 14.2 Å². The molecule has 0 radical (unpaired) electrons. The molecule has 2 fully saturated rings. The lowest BCUT2D eigenvalue weighted by molar-refractivity contribution is -0.197. The molecule has 0 N–H and O–H groups in total. The highest BCUT2D eigenvalue weighted by Crippen LogP contribution is 2.49. The molecule has 0 bridgehead atoms. The summed E-state index contributed by atoms with van der Waals surface area (Å²) in [7, 11) is -5.81. The SMILES string of the molecule is CC(=O)O[C@H]1C[C@H](OS(=O)(=O)C(F)(F)F)[C@@H]2OC(C)(C)O[C@]12C. The molecule has 134 valence electrons. The molecule has 1 saturated carbocycles. The van der Waals surface area contributed by atoms with E-state index in [1.807, 2.05) is 0 Å². The van der Waals surface area contributed by atoms with Crippen LogP contribution in [0.2, 0.25) is 0 Å². The van der Waals surface area contributed by atoms with Crippen molar-refractivity contribution in [1.29, 1.82) is 0 Å². The van der Waals surface area contributed by atoms with Crippen molar-refractivity contribution in [2.75, 3.05) is 0 Å². The molecule has 0 aromatic rings. The van der Waals surface area contributed by atoms with E-state index in [1.54, 1.807) is 0 Å². The van der Waals surface area contributed by atoms with Crippen LogP contribution in [-0.4, -0.2) is 49.6 Å². The lowest BCUT2D eigenvalue weighted by atomic mass is 10.0. The van der Waals surface area contributed by atoms with Gasteiger partial charge in [-0.3, -0.25) is 8.98 Å². The zero-order valence-electron chi connectivity index (χ0n) is 12.8. The first-order chi connectivity index (χ1) is 10.2. The second-order valence-electron chi connectivity index (χ2n) is 6.09. The number of hydrogen-bond acceptors (Lipinski definition) is 7. The summed E-state index contributed by atoms with van der Waals surface area (Å²) in [4.78, 5) is 11.2. The molecule has 1 heterocycles. The summed E-state index contributed by atoms with van der Waals surface area (Å²) in [6.07, 6.45) is -3.93. The number of ether oxygens (including phenoxy) is 3. The van der Waals surface area contributed by atoms with Gasteiger partial charge in [0, 0.05) is 13.3 Å². The minimum absolute atomic E-state index is 0.299. The summed E-state index contributed by atoms with van der Waals surface area (Å²) >= 11 is 0. The molecule has 4 atom stereocenters. The van der Waals surface area contributed by atoms with E-state index in [4.69, 9.17) is 14.2 Å². The highest BCUT2D eigenvalue weighted by atomic mass is 32.2. The molecule has 1 aliphatic heterocycles. The second kappa shape index (κ2) is 5.30. The van der Waals surface area contributed by atoms with Gasteiger partial charge >= 0.3 is 21.6 Å². The highest BCUT2D eigenvalue weighted by molar-refractivity contribution is 7.87. The molecule has 0 amide bonds. The number of fused-ring (bicyclic) bond motifs is 1. The molecular weight excluding hydrogens is 345 g/mol. The minimum Gasteiger partial charge on any atom is -0.459 e. The standard InChI is InChI=1S/C12H17F3O7S/c1-6(16)19-8-5-7(21-23(17,18)12(13,14)15)9-11(8,4)22-10(2,3)20-9/h7-9H,5H2,1-4H3/t7-,8-,9-,11+/m0/s1. The van der Waals surface area contributed by atoms with Crippen LogP contribution in [0.1, 0.15) is 34.1 Å². The smallest absolute Gasteiger partial charge is 0.459 e. The third-order valence-corrected chi connectivity index (χ3v) is 4.77. The van der Waals surface area contributed by atoms with Gasteiger partial charge in [-0.15, -0.1) is 0 Å². The van der Waals surface area contributed by atoms with Crippen molar-refractivity contribution in [1.82, 2.24) is 0 Å². The lowest BCUT2D eigenvalue weighted by Crippen LogP contribution is -2.45. The largest absolute Gasteiger partial charge is 0.523 e. The molecule has 2 rings (SSSR count). The van der Waals surface area contributed by atoms with Crippen LogP contribution in [0.3, 0.4) is 0 Å². The van der Waals surface area contributed by atoms with Crippen molar-refractivity contribution in [3.63, 3.8) is 0 Å². The molecule has 1 saturated heterocycles. The van der Waals surface area contributed by atoms with E-state index in [0.29, 0.717) is 0 Å². The van der Waals surface area contributed by atoms with Gasteiger partial charge in [0.1, 0.15) is 23.9 Å². The van der Waals surface area contributed by atoms with E-state index in [9.17, 15) is 26.4 Å². The van der Waals surface area contributed by atoms with E-state index in [0.717, 1.165) is 6.92 Å². The van der Waals surface area contributed by atoms with Crippen LogP contribution in [0.4, 0.5) is 13.2 Å². The van der Waals surface area contributed by atoms with E-state index in [2.05, 4.69) is 4.18 Å². The second-order valence-corrected chi connectivity index (χ2v) is 7.66. The average molecular weight is 362 g/mol. The lowest BCUT2D eigenvalue weighted by Gasteiger charge is -2.29. The van der Waals surface area contributed by atoms with Crippen molar-refractivity contribution in [2.24, 2.45) is 0 Å². The van der Waals surface area contributed by atoms with Crippen LogP contribution in [0.15, 0.2) is 0 Å². The predicted octanol–water partition coefficient (Wildman–Crippen LogP) is 1.47. The molecule has 1 aliphatic carbocycles. The van der Waals surface area contributed by atoms with Crippen molar-refractivity contribution < 1.29 is 44.8 Å². The Morgan fingerprint density at radius 1 is 1.26 bits per heavy atom. The predicted molar refractivity (Wildman–Crippen MR) is 68.5 cm³/mol. The Bertz CT molecular complexity index is 600. The van der Waals surface area contributed by atoms with Gasteiger partial charge in [0.2, 0.25) is 0 Å². The Morgan fingerprint density at radius 2 is 1.83 bits per heavy atom. The summed E-state index contributed by atoms with van der Waals surface area (Å²) in [6.45, 7) is 5.62. The fourth-order valence-electron chi connectivity index (χ4n) is 2.97. The van der Waals surface area contributed by atoms with Crippen molar-refractivity contribution in [2.45, 2.75) is 69.3 Å². The molecule has 7 nitrogen and oxygen atoms in total. The van der Waals surface area contributed by atoms with Gasteiger partial charge in [-0.05, 0) is 20.8 Å². The summed E-state index contributed by atoms with van der Waals surface area (Å²) in [6, 6.07) is 0. The van der Waals surface area contributed by atoms with Crippen molar-refractivity contribution >= 4 is 16.1 Å². The number of esters is 1. The first-order valence-electron chi connectivity index (χ1n) is 6.73. The number of carbonyl (C=O) groups is 1. The van der Waals surface area contributed by atoms with Gasteiger partial charge in [0.25, 0.3) is 0 Å². The highest BCUT2D eigenvalue weighted by Gasteiger charge is 2.66. The maximum atomic E-state index is 12.5. The molecule has 0 unspecified atom stereocenters. The summed E-state index contributed by atoms with van der Waals surface area (Å²) < 4.78 is 80.5. The average Bonchev–Trinajstić information content (AvgIpc) is 2.66. The normalized spacial score (nSPS) is 36.7. The zero-order valence-corrected chi connectivity index (χ0v) is 13.7. The van der Waals surface area contributed by atoms with Crippen LogP contribution < -0.4 is 0 Å². The maximum absolute atomic E-state index is 12.5. The van der Waals surface area contributed by atoms with Crippen LogP contribution in [0, 0.1) is 0 Å². The fourth-order valence-corrected chi connectivity index (χ4v) is 3.58. The Morgan fingerprint density at radius 3 is 2.30 bits per heavy atom. The Balaban J connectivity index is 2.31. The van der Waals surface area contributed by atoms with Crippen LogP contribution in [-0.2, 0) is 33.3 Å². The molecule has 0 spiro atoms. The molecule has 0 aromatic heterocycles. The van der Waals surface area contributed by atoms with Gasteiger partial charge in [0.05, 0.1) is 0 Å². The maximum Gasteiger partial charge on any atom is 0.523 e. The molecule has 0 aromatic carbocycles. The minimum atomic E-state index is -5.81. The van der Waals surface area contributed by atoms with Gasteiger partial charge in [0.15, 0.2) is 5.79 Å². The number of rotatable bonds is 3. The summed E-state index contributed by atoms with van der Waals surface area (Å²) in [5.74, 6) is -1.87. The van der Waals surface area contributed by atoms with Crippen LogP contribution in [0.5, 0.6) is 0 Å². The third-order valence-electron chi connectivity index (χ3n) is 3.71. The van der Waals surface area contributed by atoms with Crippen LogP contribution >= 0.6 is 0 Å². The summed E-state index contributed by atoms with van der Waals surface area (Å²) in [5.41, 5.74) is -6.88. The summed E-state index contributed by atoms with van der Waals surface area (Å²) in [5, 5.41) is 0. The number of alkyl halides is 3. The van der Waals surface area contributed by atoms with Gasteiger partial charge in [-0.1, -0.05) is 0 Å². The molecule has 23 heavy (non-hydrogen) atoms. The Kier molecular flexibility index (Phi) is 4.24. The molecule has 11 heteroatoms. The van der Waals surface area contributed by atoms with E-state index in [1.165, 1.54) is 20.8 Å². The molecule has 2 aliphatic rings. The van der Waals surface area contributed by atoms with E-state index >= 15 is 0 Å². The third kappa shape index (κ3) is 3.32. The van der Waals surface area contributed by atoms with Gasteiger partial charge in [-0.2, -0.15) is 21.6 Å². The zero-order chi connectivity index (χ0) is 17.8. The fraction of sp³-hybridized carbons (Fsp3) is 0.917. The quantitative estimate of drug-likeness (QED) is 0.427. The van der Waals surface area contributed by atoms with Crippen molar-refractivity contribution in [3.05, 3.63) is 0 Å². The number of halogens is 3. The molecular formula is C12H17F3O7S. The first-order valence-corrected chi connectivity index (χ1v) is 8.13. The Hall–Kier alpha value is -0.910. The van der Waals surface area contributed by atoms with Gasteiger partial charge in [-0.25, -0.2) is 0 Å². The monoisotopic (exact) mass is 362 g/mol.